The van der Waals surface area contributed by atoms with Crippen LogP contribution >= 0.6 is 12.4 Å². The minimum atomic E-state index is -3.59. The Balaban J connectivity index is 0.00000242. The molecule has 2 atom stereocenters. The molecule has 0 aliphatic carbocycles. The summed E-state index contributed by atoms with van der Waals surface area (Å²) in [5.74, 6) is -0.104. The number of halogens is 1. The number of nitrogens with zero attached hydrogens (tertiary/aromatic N) is 1. The first-order valence-corrected chi connectivity index (χ1v) is 8.42. The minimum absolute atomic E-state index is 0. The Morgan fingerprint density at radius 1 is 1.32 bits per heavy atom. The maximum atomic E-state index is 12.7. The quantitative estimate of drug-likeness (QED) is 0.845. The summed E-state index contributed by atoms with van der Waals surface area (Å²) in [6.07, 6.45) is 1.60. The number of nitrogens with two attached hydrogens (primary N) is 2. The van der Waals surface area contributed by atoms with Crippen molar-refractivity contribution in [3.05, 3.63) is 29.8 Å². The Bertz CT molecular complexity index is 619. The van der Waals surface area contributed by atoms with Crippen molar-refractivity contribution in [3.8, 4) is 0 Å². The van der Waals surface area contributed by atoms with Crippen LogP contribution in [0.5, 0.6) is 0 Å². The van der Waals surface area contributed by atoms with E-state index in [-0.39, 0.29) is 28.9 Å². The monoisotopic (exact) mass is 347 g/mol. The zero-order valence-electron chi connectivity index (χ0n) is 12.4. The van der Waals surface area contributed by atoms with E-state index in [1.807, 2.05) is 0 Å². The molecule has 0 saturated carbocycles. The first-order chi connectivity index (χ1) is 9.86. The van der Waals surface area contributed by atoms with Gasteiger partial charge in [0, 0.05) is 24.7 Å². The van der Waals surface area contributed by atoms with Crippen molar-refractivity contribution in [2.45, 2.75) is 30.7 Å². The second-order valence-corrected chi connectivity index (χ2v) is 7.41. The number of amides is 1. The van der Waals surface area contributed by atoms with E-state index in [0.29, 0.717) is 19.0 Å². The van der Waals surface area contributed by atoms with Gasteiger partial charge in [0.2, 0.25) is 15.9 Å². The van der Waals surface area contributed by atoms with Gasteiger partial charge in [-0.05, 0) is 43.0 Å². The molecule has 0 spiro atoms. The molecule has 1 heterocycles. The third-order valence-electron chi connectivity index (χ3n) is 3.94. The van der Waals surface area contributed by atoms with Crippen LogP contribution in [0, 0.1) is 5.92 Å². The van der Waals surface area contributed by atoms with Gasteiger partial charge in [-0.2, -0.15) is 4.31 Å². The standard InChI is InChI=1S/C14H21N3O3S.ClH/c1-10-6-7-17(12(8-10)9-15)21(19,20)13-4-2-11(3-5-13)14(16)18;/h2-5,10,12H,6-9,15H2,1H3,(H2,16,18);1H. The summed E-state index contributed by atoms with van der Waals surface area (Å²) in [4.78, 5) is 11.2. The lowest BCUT2D eigenvalue weighted by Crippen LogP contribution is -2.49. The Labute approximate surface area is 137 Å². The molecule has 1 amide bonds. The van der Waals surface area contributed by atoms with Gasteiger partial charge in [0.05, 0.1) is 4.90 Å². The molecular weight excluding hydrogens is 326 g/mol. The zero-order chi connectivity index (χ0) is 15.6. The molecule has 22 heavy (non-hydrogen) atoms. The van der Waals surface area contributed by atoms with Gasteiger partial charge >= 0.3 is 0 Å². The molecule has 1 fully saturated rings. The van der Waals surface area contributed by atoms with E-state index in [4.69, 9.17) is 11.5 Å². The molecule has 1 aliphatic rings. The predicted molar refractivity (Wildman–Crippen MR) is 87.3 cm³/mol. The second-order valence-electron chi connectivity index (χ2n) is 5.52. The molecule has 4 N–H and O–H groups in total. The predicted octanol–water partition coefficient (Wildman–Crippen LogP) is 0.955. The van der Waals surface area contributed by atoms with Gasteiger partial charge in [-0.25, -0.2) is 8.42 Å². The average Bonchev–Trinajstić information content (AvgIpc) is 2.46. The Morgan fingerprint density at radius 2 is 1.91 bits per heavy atom. The molecule has 6 nitrogen and oxygen atoms in total. The van der Waals surface area contributed by atoms with E-state index in [2.05, 4.69) is 6.92 Å². The number of hydrogen-bond acceptors (Lipinski definition) is 4. The molecule has 0 bridgehead atoms. The highest BCUT2D eigenvalue weighted by Gasteiger charge is 2.34. The summed E-state index contributed by atoms with van der Waals surface area (Å²) in [6.45, 7) is 2.89. The van der Waals surface area contributed by atoms with Crippen LogP contribution < -0.4 is 11.5 Å². The fourth-order valence-electron chi connectivity index (χ4n) is 2.69. The van der Waals surface area contributed by atoms with Crippen molar-refractivity contribution >= 4 is 28.3 Å². The summed E-state index contributed by atoms with van der Waals surface area (Å²) in [7, 11) is -3.59. The lowest BCUT2D eigenvalue weighted by atomic mass is 9.94. The molecule has 1 aliphatic heterocycles. The first-order valence-electron chi connectivity index (χ1n) is 6.98. The van der Waals surface area contributed by atoms with E-state index in [1.165, 1.54) is 28.6 Å². The zero-order valence-corrected chi connectivity index (χ0v) is 14.1. The summed E-state index contributed by atoms with van der Waals surface area (Å²) in [6, 6.07) is 5.52. The van der Waals surface area contributed by atoms with Crippen molar-refractivity contribution in [2.24, 2.45) is 17.4 Å². The number of hydrogen-bond donors (Lipinski definition) is 2. The highest BCUT2D eigenvalue weighted by Crippen LogP contribution is 2.28. The number of carbonyl (C=O) groups excluding carboxylic acids is 1. The topological polar surface area (TPSA) is 106 Å². The first kappa shape index (κ1) is 18.9. The molecule has 1 saturated heterocycles. The third-order valence-corrected chi connectivity index (χ3v) is 5.91. The van der Waals surface area contributed by atoms with Gasteiger partial charge in [0.25, 0.3) is 0 Å². The van der Waals surface area contributed by atoms with E-state index in [0.717, 1.165) is 12.8 Å². The van der Waals surface area contributed by atoms with Crippen molar-refractivity contribution in [3.63, 3.8) is 0 Å². The van der Waals surface area contributed by atoms with Crippen molar-refractivity contribution in [1.82, 2.24) is 4.31 Å². The van der Waals surface area contributed by atoms with Crippen molar-refractivity contribution < 1.29 is 13.2 Å². The number of benzene rings is 1. The van der Waals surface area contributed by atoms with Gasteiger partial charge in [-0.1, -0.05) is 6.92 Å². The van der Waals surface area contributed by atoms with E-state index in [9.17, 15) is 13.2 Å². The van der Waals surface area contributed by atoms with Gasteiger partial charge in [-0.15, -0.1) is 12.4 Å². The van der Waals surface area contributed by atoms with Gasteiger partial charge in [0.15, 0.2) is 0 Å². The average molecular weight is 348 g/mol. The van der Waals surface area contributed by atoms with Crippen LogP contribution in [0.3, 0.4) is 0 Å². The molecule has 1 aromatic rings. The fraction of sp³-hybridized carbons (Fsp3) is 0.500. The number of carbonyl (C=O) groups is 1. The number of primary amides is 1. The molecule has 124 valence electrons. The van der Waals surface area contributed by atoms with E-state index >= 15 is 0 Å². The van der Waals surface area contributed by atoms with E-state index < -0.39 is 15.9 Å². The smallest absolute Gasteiger partial charge is 0.248 e. The lowest BCUT2D eigenvalue weighted by molar-refractivity contribution is 0.1000. The summed E-state index contributed by atoms with van der Waals surface area (Å²) < 4.78 is 26.9. The Hall–Kier alpha value is -1.15. The van der Waals surface area contributed by atoms with Crippen molar-refractivity contribution in [2.75, 3.05) is 13.1 Å². The van der Waals surface area contributed by atoms with Crippen LogP contribution in [0.4, 0.5) is 0 Å². The molecule has 1 aromatic carbocycles. The summed E-state index contributed by atoms with van der Waals surface area (Å²) >= 11 is 0. The maximum Gasteiger partial charge on any atom is 0.248 e. The second kappa shape index (κ2) is 7.41. The van der Waals surface area contributed by atoms with Crippen molar-refractivity contribution in [1.29, 1.82) is 0 Å². The van der Waals surface area contributed by atoms with E-state index in [1.54, 1.807) is 0 Å². The van der Waals surface area contributed by atoms with Crippen LogP contribution in [0.1, 0.15) is 30.1 Å². The molecule has 2 rings (SSSR count). The van der Waals surface area contributed by atoms with Gasteiger partial charge in [-0.3, -0.25) is 4.79 Å². The lowest BCUT2D eigenvalue weighted by Gasteiger charge is -2.36. The number of piperidine rings is 1. The molecule has 0 radical (unpaired) electrons. The van der Waals surface area contributed by atoms with Crippen LogP contribution in [0.2, 0.25) is 0 Å². The van der Waals surface area contributed by atoms with Gasteiger partial charge < -0.3 is 11.5 Å². The van der Waals surface area contributed by atoms with Crippen LogP contribution in [0.15, 0.2) is 29.2 Å². The number of rotatable bonds is 4. The fourth-order valence-corrected chi connectivity index (χ4v) is 4.35. The normalized spacial score (nSPS) is 22.8. The van der Waals surface area contributed by atoms with Crippen LogP contribution in [-0.4, -0.2) is 37.8 Å². The number of sulfonamides is 1. The Kier molecular flexibility index (Phi) is 6.37. The van der Waals surface area contributed by atoms with Gasteiger partial charge in [0.1, 0.15) is 0 Å². The maximum absolute atomic E-state index is 12.7. The van der Waals surface area contributed by atoms with Crippen LogP contribution in [0.25, 0.3) is 0 Å². The van der Waals surface area contributed by atoms with Crippen LogP contribution in [-0.2, 0) is 10.0 Å². The molecule has 8 heteroatoms. The minimum Gasteiger partial charge on any atom is -0.366 e. The summed E-state index contributed by atoms with van der Waals surface area (Å²) in [5.41, 5.74) is 11.2. The third kappa shape index (κ3) is 3.78. The highest BCUT2D eigenvalue weighted by molar-refractivity contribution is 7.89. The molecular formula is C14H22ClN3O3S. The highest BCUT2D eigenvalue weighted by atomic mass is 35.5. The molecule has 0 aromatic heterocycles. The summed E-state index contributed by atoms with van der Waals surface area (Å²) in [5, 5.41) is 0. The Morgan fingerprint density at radius 3 is 2.41 bits per heavy atom. The largest absolute Gasteiger partial charge is 0.366 e. The molecule has 2 unspecified atom stereocenters. The SMILES string of the molecule is CC1CCN(S(=O)(=O)c2ccc(C(N)=O)cc2)C(CN)C1.Cl.